The van der Waals surface area contributed by atoms with Crippen molar-refractivity contribution in [2.24, 2.45) is 0 Å². The van der Waals surface area contributed by atoms with Crippen LogP contribution in [0.1, 0.15) is 24.0 Å². The monoisotopic (exact) mass is 549 g/mol. The van der Waals surface area contributed by atoms with Gasteiger partial charge in [0.15, 0.2) is 0 Å². The molecule has 0 aliphatic carbocycles. The minimum atomic E-state index is -5.02. The lowest BCUT2D eigenvalue weighted by Crippen LogP contribution is -2.45. The van der Waals surface area contributed by atoms with Crippen LogP contribution in [0.2, 0.25) is 0 Å². The number of rotatable bonds is 6. The molecule has 1 aliphatic rings. The Morgan fingerprint density at radius 3 is 2.16 bits per heavy atom. The van der Waals surface area contributed by atoms with Crippen molar-refractivity contribution in [1.29, 1.82) is 5.26 Å². The summed E-state index contributed by atoms with van der Waals surface area (Å²) in [5.41, 5.74) is -0.179. The molecule has 3 aromatic rings. The van der Waals surface area contributed by atoms with Gasteiger partial charge in [-0.25, -0.2) is 21.6 Å². The summed E-state index contributed by atoms with van der Waals surface area (Å²) >= 11 is 0. The highest BCUT2D eigenvalue weighted by Crippen LogP contribution is 2.36. The minimum Gasteiger partial charge on any atom is -0.371 e. The van der Waals surface area contributed by atoms with E-state index >= 15 is 0 Å². The number of nitrogens with zero attached hydrogens (tertiary/aromatic N) is 2. The number of benzene rings is 3. The fourth-order valence-corrected chi connectivity index (χ4v) is 7.11. The number of nitrogens with one attached hydrogen (secondary N) is 1. The van der Waals surface area contributed by atoms with E-state index in [-0.39, 0.29) is 4.90 Å². The lowest BCUT2D eigenvalue weighted by molar-refractivity contribution is -0.139. The van der Waals surface area contributed by atoms with Crippen LogP contribution in [0.3, 0.4) is 0 Å². The molecule has 1 heterocycles. The molecule has 0 atom stereocenters. The second kappa shape index (κ2) is 10.2. The van der Waals surface area contributed by atoms with Gasteiger partial charge in [-0.2, -0.15) is 18.4 Å². The van der Waals surface area contributed by atoms with Crippen LogP contribution >= 0.6 is 0 Å². The second-order valence-corrected chi connectivity index (χ2v) is 12.1. The van der Waals surface area contributed by atoms with Gasteiger partial charge in [0, 0.05) is 24.8 Å². The Labute approximate surface area is 213 Å². The van der Waals surface area contributed by atoms with Gasteiger partial charge in [-0.05, 0) is 61.4 Å². The van der Waals surface area contributed by atoms with Crippen molar-refractivity contribution in [3.8, 4) is 6.07 Å². The third-order valence-electron chi connectivity index (χ3n) is 6.07. The highest BCUT2D eigenvalue weighted by atomic mass is 32.2. The Balaban J connectivity index is 1.60. The first-order valence-electron chi connectivity index (χ1n) is 11.2. The summed E-state index contributed by atoms with van der Waals surface area (Å²) in [4.78, 5) is 0.0964. The summed E-state index contributed by atoms with van der Waals surface area (Å²) in [5.74, 6) is 0. The molecule has 0 radical (unpaired) electrons. The van der Waals surface area contributed by atoms with Gasteiger partial charge in [0.05, 0.1) is 31.9 Å². The summed E-state index contributed by atoms with van der Waals surface area (Å²) in [6, 6.07) is 17.2. The molecule has 3 aromatic carbocycles. The van der Waals surface area contributed by atoms with E-state index in [9.17, 15) is 30.0 Å². The average molecular weight is 550 g/mol. The molecule has 7 nitrogen and oxygen atoms in total. The summed E-state index contributed by atoms with van der Waals surface area (Å²) in [6.07, 6.45) is -4.41. The molecule has 1 aliphatic heterocycles. The zero-order chi connectivity index (χ0) is 26.8. The predicted octanol–water partition coefficient (Wildman–Crippen LogP) is 4.36. The van der Waals surface area contributed by atoms with Gasteiger partial charge < -0.3 is 4.90 Å². The van der Waals surface area contributed by atoms with Gasteiger partial charge in [0.25, 0.3) is 0 Å². The SMILES string of the molecule is N#Cc1cccc(N2CCC(NS(=O)(=O)c3cc(S(=O)(=O)c4ccccc4)ccc3C(F)(F)F)CC2)c1. The standard InChI is InChI=1S/C25H22F3N3O4S2/c26-25(27,28)23-10-9-22(36(32,33)21-7-2-1-3-8-21)16-24(23)37(34,35)30-19-11-13-31(14-12-19)20-6-4-5-18(15-20)17-29/h1-10,15-16,19,30H,11-14H2. The molecule has 1 saturated heterocycles. The molecule has 1 N–H and O–H groups in total. The van der Waals surface area contributed by atoms with Crippen LogP contribution < -0.4 is 9.62 Å². The Kier molecular flexibility index (Phi) is 7.32. The second-order valence-electron chi connectivity index (χ2n) is 8.52. The number of hydrogen-bond acceptors (Lipinski definition) is 6. The average Bonchev–Trinajstić information content (AvgIpc) is 2.88. The molecule has 0 bridgehead atoms. The Bertz CT molecular complexity index is 1540. The number of hydrogen-bond donors (Lipinski definition) is 1. The van der Waals surface area contributed by atoms with Crippen LogP contribution in [-0.4, -0.2) is 36.0 Å². The minimum absolute atomic E-state index is 0.168. The summed E-state index contributed by atoms with van der Waals surface area (Å²) in [6.45, 7) is 0.827. The smallest absolute Gasteiger partial charge is 0.371 e. The van der Waals surface area contributed by atoms with Crippen molar-refractivity contribution in [1.82, 2.24) is 4.72 Å². The van der Waals surface area contributed by atoms with Gasteiger partial charge >= 0.3 is 6.18 Å². The molecular weight excluding hydrogens is 527 g/mol. The number of halogens is 3. The van der Waals surface area contributed by atoms with Crippen molar-refractivity contribution in [3.63, 3.8) is 0 Å². The molecule has 0 unspecified atom stereocenters. The summed E-state index contributed by atoms with van der Waals surface area (Å²) < 4.78 is 95.8. The zero-order valence-corrected chi connectivity index (χ0v) is 20.9. The van der Waals surface area contributed by atoms with Gasteiger partial charge in [-0.3, -0.25) is 0 Å². The van der Waals surface area contributed by atoms with Crippen molar-refractivity contribution in [2.45, 2.75) is 39.7 Å². The van der Waals surface area contributed by atoms with Crippen molar-refractivity contribution < 1.29 is 30.0 Å². The largest absolute Gasteiger partial charge is 0.417 e. The van der Waals surface area contributed by atoms with E-state index in [1.54, 1.807) is 24.3 Å². The molecular formula is C25H22F3N3O4S2. The molecule has 0 saturated carbocycles. The van der Waals surface area contributed by atoms with Gasteiger partial charge in [0.1, 0.15) is 0 Å². The number of sulfonamides is 1. The third kappa shape index (κ3) is 5.79. The lowest BCUT2D eigenvalue weighted by Gasteiger charge is -2.34. The molecule has 0 spiro atoms. The third-order valence-corrected chi connectivity index (χ3v) is 9.40. The first kappa shape index (κ1) is 26.7. The maximum absolute atomic E-state index is 13.7. The highest BCUT2D eigenvalue weighted by molar-refractivity contribution is 7.91. The number of alkyl halides is 3. The van der Waals surface area contributed by atoms with Crippen molar-refractivity contribution in [3.05, 3.63) is 83.9 Å². The first-order valence-corrected chi connectivity index (χ1v) is 14.2. The predicted molar refractivity (Wildman–Crippen MR) is 130 cm³/mol. The maximum Gasteiger partial charge on any atom is 0.417 e. The fourth-order valence-electron chi connectivity index (χ4n) is 4.17. The van der Waals surface area contributed by atoms with Crippen molar-refractivity contribution in [2.75, 3.05) is 18.0 Å². The maximum atomic E-state index is 13.7. The fraction of sp³-hybridized carbons (Fsp3) is 0.240. The van der Waals surface area contributed by atoms with E-state index < -0.39 is 47.4 Å². The lowest BCUT2D eigenvalue weighted by atomic mass is 10.0. The molecule has 194 valence electrons. The molecule has 0 aromatic heterocycles. The molecule has 12 heteroatoms. The Hall–Kier alpha value is -3.40. The summed E-state index contributed by atoms with van der Waals surface area (Å²) in [7, 11) is -8.98. The normalized spacial score (nSPS) is 15.4. The topological polar surface area (TPSA) is 107 Å². The van der Waals surface area contributed by atoms with E-state index in [1.807, 2.05) is 11.0 Å². The van der Waals surface area contributed by atoms with Crippen molar-refractivity contribution >= 4 is 25.5 Å². The van der Waals surface area contributed by atoms with Crippen LogP contribution in [0.25, 0.3) is 0 Å². The summed E-state index contributed by atoms with van der Waals surface area (Å²) in [5, 5.41) is 9.09. The zero-order valence-electron chi connectivity index (χ0n) is 19.3. The van der Waals surface area contributed by atoms with Gasteiger partial charge in [0.2, 0.25) is 19.9 Å². The van der Waals surface area contributed by atoms with E-state index in [0.717, 1.165) is 11.8 Å². The quantitative estimate of drug-likeness (QED) is 0.490. The van der Waals surface area contributed by atoms with E-state index in [4.69, 9.17) is 5.26 Å². The van der Waals surface area contributed by atoms with Gasteiger partial charge in [-0.15, -0.1) is 0 Å². The number of nitriles is 1. The highest BCUT2D eigenvalue weighted by Gasteiger charge is 2.39. The van der Waals surface area contributed by atoms with Crippen LogP contribution in [0.5, 0.6) is 0 Å². The molecule has 0 amide bonds. The Morgan fingerprint density at radius 1 is 0.865 bits per heavy atom. The van der Waals surface area contributed by atoms with E-state index in [1.165, 1.54) is 24.3 Å². The van der Waals surface area contributed by atoms with Crippen LogP contribution in [-0.2, 0) is 26.0 Å². The first-order chi connectivity index (χ1) is 17.4. The van der Waals surface area contributed by atoms with Crippen LogP contribution in [0.15, 0.2) is 87.5 Å². The molecule has 37 heavy (non-hydrogen) atoms. The van der Waals surface area contributed by atoms with E-state index in [2.05, 4.69) is 10.8 Å². The van der Waals surface area contributed by atoms with Crippen LogP contribution in [0, 0.1) is 11.3 Å². The number of anilines is 1. The number of piperidine rings is 1. The molecule has 4 rings (SSSR count). The van der Waals surface area contributed by atoms with Crippen LogP contribution in [0.4, 0.5) is 18.9 Å². The Morgan fingerprint density at radius 2 is 1.54 bits per heavy atom. The molecule has 1 fully saturated rings. The van der Waals surface area contributed by atoms with Gasteiger partial charge in [-0.1, -0.05) is 24.3 Å². The number of sulfone groups is 1. The van der Waals surface area contributed by atoms with E-state index in [0.29, 0.717) is 43.6 Å².